The predicted octanol–water partition coefficient (Wildman–Crippen LogP) is 3.19. The fourth-order valence-electron chi connectivity index (χ4n) is 2.57. The second-order valence-corrected chi connectivity index (χ2v) is 5.31. The summed E-state index contributed by atoms with van der Waals surface area (Å²) in [7, 11) is 3.02. The van der Waals surface area contributed by atoms with Crippen molar-refractivity contribution in [3.8, 4) is 17.6 Å². The molecule has 25 heavy (non-hydrogen) atoms. The zero-order valence-corrected chi connectivity index (χ0v) is 13.9. The SMILES string of the molecule is COc1cc(OC)cc(C(=O)OCc2cn3ccccc3c2C#N)c1. The van der Waals surface area contributed by atoms with Crippen LogP contribution in [0.4, 0.5) is 0 Å². The molecule has 0 spiro atoms. The van der Waals surface area contributed by atoms with Crippen LogP contribution in [0.5, 0.6) is 11.5 Å². The number of methoxy groups -OCH3 is 2. The summed E-state index contributed by atoms with van der Waals surface area (Å²) >= 11 is 0. The maximum absolute atomic E-state index is 12.3. The molecular weight excluding hydrogens is 320 g/mol. The molecule has 0 aliphatic carbocycles. The Kier molecular flexibility index (Phi) is 4.57. The number of benzene rings is 1. The van der Waals surface area contributed by atoms with E-state index in [9.17, 15) is 10.1 Å². The zero-order chi connectivity index (χ0) is 17.8. The van der Waals surface area contributed by atoms with Crippen LogP contribution in [0.15, 0.2) is 48.8 Å². The number of ether oxygens (including phenoxy) is 3. The highest BCUT2D eigenvalue weighted by Crippen LogP contribution is 2.24. The third kappa shape index (κ3) is 3.26. The van der Waals surface area contributed by atoms with Crippen molar-refractivity contribution in [2.45, 2.75) is 6.61 Å². The van der Waals surface area contributed by atoms with Gasteiger partial charge in [-0.15, -0.1) is 0 Å². The van der Waals surface area contributed by atoms with E-state index < -0.39 is 5.97 Å². The summed E-state index contributed by atoms with van der Waals surface area (Å²) in [5.74, 6) is 0.480. The molecule has 0 N–H and O–H groups in total. The van der Waals surface area contributed by atoms with Crippen LogP contribution < -0.4 is 9.47 Å². The first-order chi connectivity index (χ1) is 12.2. The molecule has 0 fully saturated rings. The van der Waals surface area contributed by atoms with E-state index in [-0.39, 0.29) is 6.61 Å². The lowest BCUT2D eigenvalue weighted by atomic mass is 10.2. The standard InChI is InChI=1S/C19H16N2O4/c1-23-15-7-13(8-16(9-15)24-2)19(22)25-12-14-11-21-6-4-3-5-18(21)17(14)10-20/h3-9,11H,12H2,1-2H3. The quantitative estimate of drug-likeness (QED) is 0.669. The van der Waals surface area contributed by atoms with Gasteiger partial charge in [0.15, 0.2) is 0 Å². The van der Waals surface area contributed by atoms with Crippen molar-refractivity contribution >= 4 is 11.5 Å². The fourth-order valence-corrected chi connectivity index (χ4v) is 2.57. The Hall–Kier alpha value is -3.46. The van der Waals surface area contributed by atoms with Gasteiger partial charge in [0.25, 0.3) is 0 Å². The second kappa shape index (κ2) is 6.97. The molecule has 3 aromatic rings. The van der Waals surface area contributed by atoms with Gasteiger partial charge in [-0.1, -0.05) is 6.07 Å². The third-order valence-electron chi connectivity index (χ3n) is 3.82. The van der Waals surface area contributed by atoms with Gasteiger partial charge >= 0.3 is 5.97 Å². The van der Waals surface area contributed by atoms with Gasteiger partial charge in [-0.2, -0.15) is 5.26 Å². The summed E-state index contributed by atoms with van der Waals surface area (Å²) in [5, 5.41) is 9.39. The summed E-state index contributed by atoms with van der Waals surface area (Å²) in [6.07, 6.45) is 3.63. The van der Waals surface area contributed by atoms with Gasteiger partial charge in [-0.05, 0) is 24.3 Å². The number of carbonyl (C=O) groups excluding carboxylic acids is 1. The molecule has 2 heterocycles. The van der Waals surface area contributed by atoms with Crippen LogP contribution in [0.25, 0.3) is 5.52 Å². The van der Waals surface area contributed by atoms with Crippen LogP contribution in [0.2, 0.25) is 0 Å². The van der Waals surface area contributed by atoms with Gasteiger partial charge in [-0.25, -0.2) is 4.79 Å². The lowest BCUT2D eigenvalue weighted by Gasteiger charge is -2.08. The van der Waals surface area contributed by atoms with Gasteiger partial charge in [0.2, 0.25) is 0 Å². The molecular formula is C19H16N2O4. The topological polar surface area (TPSA) is 73.0 Å². The number of esters is 1. The molecule has 6 heteroatoms. The van der Waals surface area contributed by atoms with E-state index >= 15 is 0 Å². The van der Waals surface area contributed by atoms with Crippen molar-refractivity contribution in [3.63, 3.8) is 0 Å². The maximum atomic E-state index is 12.3. The smallest absolute Gasteiger partial charge is 0.338 e. The van der Waals surface area contributed by atoms with Crippen molar-refractivity contribution in [2.75, 3.05) is 14.2 Å². The van der Waals surface area contributed by atoms with Gasteiger partial charge in [0, 0.05) is 24.0 Å². The van der Waals surface area contributed by atoms with E-state index in [4.69, 9.17) is 14.2 Å². The maximum Gasteiger partial charge on any atom is 0.338 e. The van der Waals surface area contributed by atoms with Crippen LogP contribution in [0.1, 0.15) is 21.5 Å². The number of fused-ring (bicyclic) bond motifs is 1. The number of hydrogen-bond acceptors (Lipinski definition) is 5. The first kappa shape index (κ1) is 16.4. The average Bonchev–Trinajstić information content (AvgIpc) is 3.02. The molecule has 0 radical (unpaired) electrons. The Bertz CT molecular complexity index is 947. The van der Waals surface area contributed by atoms with E-state index in [1.807, 2.05) is 28.8 Å². The molecule has 0 unspecified atom stereocenters. The van der Waals surface area contributed by atoms with Crippen LogP contribution in [-0.4, -0.2) is 24.6 Å². The lowest BCUT2D eigenvalue weighted by molar-refractivity contribution is 0.0472. The summed E-state index contributed by atoms with van der Waals surface area (Å²) in [5.41, 5.74) is 2.24. The van der Waals surface area contributed by atoms with Crippen molar-refractivity contribution < 1.29 is 19.0 Å². The number of pyridine rings is 1. The minimum Gasteiger partial charge on any atom is -0.497 e. The molecule has 3 rings (SSSR count). The normalized spacial score (nSPS) is 10.3. The number of nitriles is 1. The van der Waals surface area contributed by atoms with Gasteiger partial charge < -0.3 is 18.6 Å². The van der Waals surface area contributed by atoms with Crippen molar-refractivity contribution in [1.29, 1.82) is 5.26 Å². The van der Waals surface area contributed by atoms with Crippen LogP contribution in [0, 0.1) is 11.3 Å². The largest absolute Gasteiger partial charge is 0.497 e. The van der Waals surface area contributed by atoms with Crippen molar-refractivity contribution in [1.82, 2.24) is 4.40 Å². The summed E-state index contributed by atoms with van der Waals surface area (Å²) in [4.78, 5) is 12.3. The van der Waals surface area contributed by atoms with E-state index in [1.165, 1.54) is 14.2 Å². The second-order valence-electron chi connectivity index (χ2n) is 5.31. The molecule has 0 amide bonds. The van der Waals surface area contributed by atoms with E-state index in [0.29, 0.717) is 28.2 Å². The molecule has 126 valence electrons. The molecule has 0 aliphatic rings. The Balaban J connectivity index is 1.82. The first-order valence-corrected chi connectivity index (χ1v) is 7.55. The fraction of sp³-hybridized carbons (Fsp3) is 0.158. The predicted molar refractivity (Wildman–Crippen MR) is 90.8 cm³/mol. The Morgan fingerprint density at radius 2 is 1.88 bits per heavy atom. The van der Waals surface area contributed by atoms with Crippen LogP contribution in [-0.2, 0) is 11.3 Å². The minimum atomic E-state index is -0.517. The molecule has 6 nitrogen and oxygen atoms in total. The highest BCUT2D eigenvalue weighted by atomic mass is 16.5. The number of nitrogens with zero attached hydrogens (tertiary/aromatic N) is 2. The molecule has 2 aromatic heterocycles. The van der Waals surface area contributed by atoms with E-state index in [0.717, 1.165) is 5.52 Å². The molecule has 1 aromatic carbocycles. The van der Waals surface area contributed by atoms with Crippen LogP contribution in [0.3, 0.4) is 0 Å². The van der Waals surface area contributed by atoms with Gasteiger partial charge in [0.05, 0.1) is 30.9 Å². The highest BCUT2D eigenvalue weighted by Gasteiger charge is 2.15. The Morgan fingerprint density at radius 1 is 1.16 bits per heavy atom. The molecule has 0 bridgehead atoms. The number of rotatable bonds is 5. The van der Waals surface area contributed by atoms with E-state index in [1.54, 1.807) is 24.4 Å². The zero-order valence-electron chi connectivity index (χ0n) is 13.9. The summed E-state index contributed by atoms with van der Waals surface area (Å²) in [6.45, 7) is 0.00291. The number of carbonyl (C=O) groups is 1. The first-order valence-electron chi connectivity index (χ1n) is 7.55. The summed E-state index contributed by atoms with van der Waals surface area (Å²) in [6, 6.07) is 12.6. The highest BCUT2D eigenvalue weighted by molar-refractivity contribution is 5.90. The Morgan fingerprint density at radius 3 is 2.52 bits per heavy atom. The van der Waals surface area contributed by atoms with Gasteiger partial charge in [-0.3, -0.25) is 0 Å². The number of aromatic nitrogens is 1. The van der Waals surface area contributed by atoms with Crippen LogP contribution >= 0.6 is 0 Å². The molecule has 0 aliphatic heterocycles. The molecule has 0 saturated carbocycles. The number of hydrogen-bond donors (Lipinski definition) is 0. The third-order valence-corrected chi connectivity index (χ3v) is 3.82. The van der Waals surface area contributed by atoms with Crippen molar-refractivity contribution in [2.24, 2.45) is 0 Å². The summed E-state index contributed by atoms with van der Waals surface area (Å²) < 4.78 is 17.5. The lowest BCUT2D eigenvalue weighted by Crippen LogP contribution is -2.06. The van der Waals surface area contributed by atoms with E-state index in [2.05, 4.69) is 6.07 Å². The average molecular weight is 336 g/mol. The van der Waals surface area contributed by atoms with Crippen molar-refractivity contribution in [3.05, 3.63) is 65.5 Å². The Labute approximate surface area is 144 Å². The minimum absolute atomic E-state index is 0.00291. The van der Waals surface area contributed by atoms with Gasteiger partial charge in [0.1, 0.15) is 24.2 Å². The molecule has 0 saturated heterocycles. The molecule has 0 atom stereocenters. The monoisotopic (exact) mass is 336 g/mol.